The van der Waals surface area contributed by atoms with Crippen LogP contribution >= 0.6 is 0 Å². The fourth-order valence-corrected chi connectivity index (χ4v) is 2.79. The molecule has 0 unspecified atom stereocenters. The molecule has 0 saturated carbocycles. The lowest BCUT2D eigenvalue weighted by Gasteiger charge is -2.31. The second kappa shape index (κ2) is 6.24. The van der Waals surface area contributed by atoms with Crippen LogP contribution < -0.4 is 15.5 Å². The lowest BCUT2D eigenvalue weighted by atomic mass is 10.1. The average Bonchev–Trinajstić information content (AvgIpc) is 2.51. The van der Waals surface area contributed by atoms with Crippen LogP contribution in [0, 0.1) is 0 Å². The van der Waals surface area contributed by atoms with Crippen molar-refractivity contribution in [2.24, 2.45) is 0 Å². The zero-order valence-electron chi connectivity index (χ0n) is 12.0. The summed E-state index contributed by atoms with van der Waals surface area (Å²) in [7, 11) is 0. The zero-order valence-corrected chi connectivity index (χ0v) is 12.0. The summed E-state index contributed by atoms with van der Waals surface area (Å²) in [4.78, 5) is 27.6. The molecule has 2 N–H and O–H groups in total. The van der Waals surface area contributed by atoms with Crippen LogP contribution in [0.15, 0.2) is 24.3 Å². The van der Waals surface area contributed by atoms with Crippen LogP contribution in [0.2, 0.25) is 0 Å². The van der Waals surface area contributed by atoms with Crippen LogP contribution in [-0.2, 0) is 16.1 Å². The van der Waals surface area contributed by atoms with Crippen molar-refractivity contribution >= 4 is 17.5 Å². The molecule has 0 aromatic heterocycles. The molecule has 2 amide bonds. The second-order valence-corrected chi connectivity index (χ2v) is 5.41. The Bertz CT molecular complexity index is 540. The molecule has 0 atom stereocenters. The lowest BCUT2D eigenvalue weighted by molar-refractivity contribution is -0.128. The van der Waals surface area contributed by atoms with Gasteiger partial charge in [-0.15, -0.1) is 0 Å². The minimum Gasteiger partial charge on any atom is -0.345 e. The maximum atomic E-state index is 12.1. The molecule has 2 fully saturated rings. The van der Waals surface area contributed by atoms with E-state index < -0.39 is 0 Å². The highest BCUT2D eigenvalue weighted by molar-refractivity contribution is 6.04. The van der Waals surface area contributed by atoms with Gasteiger partial charge in [-0.25, -0.2) is 0 Å². The van der Waals surface area contributed by atoms with Gasteiger partial charge in [0.1, 0.15) is 6.54 Å². The third-order valence-corrected chi connectivity index (χ3v) is 3.93. The van der Waals surface area contributed by atoms with Crippen molar-refractivity contribution in [3.05, 3.63) is 29.8 Å². The van der Waals surface area contributed by atoms with Gasteiger partial charge in [-0.3, -0.25) is 14.5 Å². The van der Waals surface area contributed by atoms with E-state index in [1.165, 1.54) is 0 Å². The van der Waals surface area contributed by atoms with Crippen LogP contribution in [-0.4, -0.2) is 56.0 Å². The number of rotatable bonds is 3. The van der Waals surface area contributed by atoms with E-state index in [0.717, 1.165) is 44.0 Å². The standard InChI is InChI=1S/C15H20N4O2/c20-14-11-19(15(21)9-17-14)13-4-2-1-3-12(13)10-18-7-5-16-6-8-18/h1-4,16H,5-11H2,(H,17,20). The number of carbonyl (C=O) groups is 2. The fraction of sp³-hybridized carbons (Fsp3) is 0.467. The Hall–Kier alpha value is -1.92. The monoisotopic (exact) mass is 288 g/mol. The SMILES string of the molecule is O=C1CN(c2ccccc2CN2CCNCC2)C(=O)CN1. The molecule has 1 aromatic carbocycles. The molecule has 2 heterocycles. The highest BCUT2D eigenvalue weighted by Crippen LogP contribution is 2.23. The first-order valence-corrected chi connectivity index (χ1v) is 7.32. The lowest BCUT2D eigenvalue weighted by Crippen LogP contribution is -2.52. The van der Waals surface area contributed by atoms with Gasteiger partial charge in [0.15, 0.2) is 0 Å². The fourth-order valence-electron chi connectivity index (χ4n) is 2.79. The first kappa shape index (κ1) is 14.0. The van der Waals surface area contributed by atoms with Crippen molar-refractivity contribution in [1.29, 1.82) is 0 Å². The molecule has 0 spiro atoms. The van der Waals surface area contributed by atoms with E-state index in [1.54, 1.807) is 4.90 Å². The summed E-state index contributed by atoms with van der Waals surface area (Å²) < 4.78 is 0. The average molecular weight is 288 g/mol. The molecule has 0 bridgehead atoms. The summed E-state index contributed by atoms with van der Waals surface area (Å²) >= 11 is 0. The van der Waals surface area contributed by atoms with Gasteiger partial charge in [0.2, 0.25) is 11.8 Å². The molecular formula is C15H20N4O2. The number of hydrogen-bond acceptors (Lipinski definition) is 4. The molecule has 2 saturated heterocycles. The Morgan fingerprint density at radius 1 is 1.10 bits per heavy atom. The van der Waals surface area contributed by atoms with E-state index in [0.29, 0.717) is 0 Å². The van der Waals surface area contributed by atoms with Gasteiger partial charge >= 0.3 is 0 Å². The molecule has 0 aliphatic carbocycles. The largest absolute Gasteiger partial charge is 0.345 e. The van der Waals surface area contributed by atoms with Crippen molar-refractivity contribution in [2.75, 3.05) is 44.2 Å². The summed E-state index contributed by atoms with van der Waals surface area (Å²) in [5, 5.41) is 5.92. The summed E-state index contributed by atoms with van der Waals surface area (Å²) in [6, 6.07) is 7.86. The van der Waals surface area contributed by atoms with Gasteiger partial charge in [-0.2, -0.15) is 0 Å². The molecule has 1 aromatic rings. The topological polar surface area (TPSA) is 64.7 Å². The molecule has 21 heavy (non-hydrogen) atoms. The molecule has 112 valence electrons. The molecule has 6 nitrogen and oxygen atoms in total. The Balaban J connectivity index is 1.81. The summed E-state index contributed by atoms with van der Waals surface area (Å²) in [6.07, 6.45) is 0. The van der Waals surface area contributed by atoms with Gasteiger partial charge < -0.3 is 15.5 Å². The Labute approximate surface area is 124 Å². The molecular weight excluding hydrogens is 268 g/mol. The van der Waals surface area contributed by atoms with Gasteiger partial charge in [-0.05, 0) is 11.6 Å². The first-order valence-electron chi connectivity index (χ1n) is 7.32. The summed E-state index contributed by atoms with van der Waals surface area (Å²) in [5.74, 6) is -0.158. The number of piperazine rings is 2. The van der Waals surface area contributed by atoms with E-state index in [-0.39, 0.29) is 24.9 Å². The van der Waals surface area contributed by atoms with Crippen molar-refractivity contribution < 1.29 is 9.59 Å². The van der Waals surface area contributed by atoms with E-state index in [9.17, 15) is 9.59 Å². The second-order valence-electron chi connectivity index (χ2n) is 5.41. The smallest absolute Gasteiger partial charge is 0.246 e. The third kappa shape index (κ3) is 3.22. The van der Waals surface area contributed by atoms with Gasteiger partial charge in [0, 0.05) is 38.4 Å². The van der Waals surface area contributed by atoms with E-state index in [2.05, 4.69) is 15.5 Å². The number of nitrogens with one attached hydrogen (secondary N) is 2. The van der Waals surface area contributed by atoms with Gasteiger partial charge in [-0.1, -0.05) is 18.2 Å². The van der Waals surface area contributed by atoms with Gasteiger partial charge in [0.05, 0.1) is 6.54 Å². The molecule has 2 aliphatic heterocycles. The molecule has 2 aliphatic rings. The quantitative estimate of drug-likeness (QED) is 0.791. The first-order chi connectivity index (χ1) is 10.2. The summed E-state index contributed by atoms with van der Waals surface area (Å²) in [6.45, 7) is 4.99. The van der Waals surface area contributed by atoms with E-state index in [1.807, 2.05) is 24.3 Å². The maximum absolute atomic E-state index is 12.1. The van der Waals surface area contributed by atoms with Crippen molar-refractivity contribution in [1.82, 2.24) is 15.5 Å². The minimum atomic E-state index is -0.105. The Morgan fingerprint density at radius 3 is 2.67 bits per heavy atom. The van der Waals surface area contributed by atoms with Crippen molar-refractivity contribution in [2.45, 2.75) is 6.54 Å². The highest BCUT2D eigenvalue weighted by atomic mass is 16.2. The number of hydrogen-bond donors (Lipinski definition) is 2. The number of anilines is 1. The normalized spacial score (nSPS) is 20.5. The van der Waals surface area contributed by atoms with Gasteiger partial charge in [0.25, 0.3) is 0 Å². The molecule has 3 rings (SSSR count). The molecule has 0 radical (unpaired) electrons. The van der Waals surface area contributed by atoms with Crippen LogP contribution in [0.4, 0.5) is 5.69 Å². The predicted molar refractivity (Wildman–Crippen MR) is 80.0 cm³/mol. The number of amides is 2. The maximum Gasteiger partial charge on any atom is 0.246 e. The number of carbonyl (C=O) groups excluding carboxylic acids is 2. The predicted octanol–water partition coefficient (Wildman–Crippen LogP) is -0.445. The zero-order chi connectivity index (χ0) is 14.7. The number of para-hydroxylation sites is 1. The Morgan fingerprint density at radius 2 is 1.86 bits per heavy atom. The van der Waals surface area contributed by atoms with Crippen LogP contribution in [0.25, 0.3) is 0 Å². The Kier molecular flexibility index (Phi) is 4.17. The third-order valence-electron chi connectivity index (χ3n) is 3.93. The summed E-state index contributed by atoms with van der Waals surface area (Å²) in [5.41, 5.74) is 1.96. The van der Waals surface area contributed by atoms with Crippen molar-refractivity contribution in [3.8, 4) is 0 Å². The number of nitrogens with zero attached hydrogens (tertiary/aromatic N) is 2. The van der Waals surface area contributed by atoms with Crippen molar-refractivity contribution in [3.63, 3.8) is 0 Å². The van der Waals surface area contributed by atoms with E-state index in [4.69, 9.17) is 0 Å². The van der Waals surface area contributed by atoms with Crippen LogP contribution in [0.3, 0.4) is 0 Å². The van der Waals surface area contributed by atoms with E-state index >= 15 is 0 Å². The van der Waals surface area contributed by atoms with Crippen LogP contribution in [0.5, 0.6) is 0 Å². The minimum absolute atomic E-state index is 0.0534. The van der Waals surface area contributed by atoms with Crippen LogP contribution in [0.1, 0.15) is 5.56 Å². The highest BCUT2D eigenvalue weighted by Gasteiger charge is 2.26. The molecule has 6 heteroatoms. The number of benzene rings is 1.